The molecule has 0 N–H and O–H groups in total. The van der Waals surface area contributed by atoms with Crippen molar-refractivity contribution in [2.24, 2.45) is 0 Å². The lowest BCUT2D eigenvalue weighted by atomic mass is 9.99. The highest BCUT2D eigenvalue weighted by Crippen LogP contribution is 2.20. The van der Waals surface area contributed by atoms with E-state index in [1.54, 1.807) is 37.3 Å². The molecular weight excluding hydrogens is 260 g/mol. The zero-order valence-corrected chi connectivity index (χ0v) is 11.6. The van der Waals surface area contributed by atoms with Crippen LogP contribution in [0.4, 0.5) is 0 Å². The Morgan fingerprint density at radius 2 is 1.84 bits per heavy atom. The van der Waals surface area contributed by atoms with Gasteiger partial charge in [0.1, 0.15) is 0 Å². The monoisotopic (exact) mass is 274 g/mol. The minimum atomic E-state index is -0.323. The first kappa shape index (κ1) is 13.5. The van der Waals surface area contributed by atoms with Crippen molar-refractivity contribution in [3.63, 3.8) is 0 Å². The number of ether oxygens (including phenoxy) is 1. The predicted molar refractivity (Wildman–Crippen MR) is 74.6 cm³/mol. The fourth-order valence-corrected chi connectivity index (χ4v) is 2.47. The summed E-state index contributed by atoms with van der Waals surface area (Å²) in [6, 6.07) is 10.7. The summed E-state index contributed by atoms with van der Waals surface area (Å²) < 4.78 is 4.70. The van der Waals surface area contributed by atoms with Gasteiger partial charge in [-0.2, -0.15) is 0 Å². The van der Waals surface area contributed by atoms with E-state index in [0.29, 0.717) is 10.4 Å². The smallest absolute Gasteiger partial charge is 0.312 e. The molecule has 2 rings (SSSR count). The molecule has 3 nitrogen and oxygen atoms in total. The van der Waals surface area contributed by atoms with Crippen LogP contribution >= 0.6 is 11.3 Å². The van der Waals surface area contributed by atoms with E-state index >= 15 is 0 Å². The van der Waals surface area contributed by atoms with Gasteiger partial charge in [0.15, 0.2) is 0 Å². The zero-order chi connectivity index (χ0) is 13.8. The second kappa shape index (κ2) is 5.80. The Kier molecular flexibility index (Phi) is 4.12. The van der Waals surface area contributed by atoms with Crippen LogP contribution in [0.2, 0.25) is 0 Å². The molecule has 0 radical (unpaired) electrons. The minimum Gasteiger partial charge on any atom is -0.469 e. The van der Waals surface area contributed by atoms with Gasteiger partial charge in [0, 0.05) is 5.56 Å². The number of methoxy groups -OCH3 is 1. The molecule has 1 aromatic heterocycles. The Morgan fingerprint density at radius 1 is 1.16 bits per heavy atom. The van der Waals surface area contributed by atoms with Crippen molar-refractivity contribution in [3.05, 3.63) is 57.8 Å². The average molecular weight is 274 g/mol. The molecule has 0 fully saturated rings. The van der Waals surface area contributed by atoms with Crippen molar-refractivity contribution in [1.82, 2.24) is 0 Å². The normalized spacial score (nSPS) is 11.9. The number of benzene rings is 1. The maximum Gasteiger partial charge on any atom is 0.312 e. The molecule has 19 heavy (non-hydrogen) atoms. The third-order valence-electron chi connectivity index (χ3n) is 2.97. The number of hydrogen-bond acceptors (Lipinski definition) is 4. The van der Waals surface area contributed by atoms with Gasteiger partial charge in [-0.15, -0.1) is 11.3 Å². The summed E-state index contributed by atoms with van der Waals surface area (Å²) in [6.45, 7) is 1.78. The molecule has 1 aromatic carbocycles. The fourth-order valence-electron chi connectivity index (χ4n) is 1.79. The number of thiophene rings is 1. The number of carbonyl (C=O) groups is 2. The molecule has 4 heteroatoms. The number of hydrogen-bond donors (Lipinski definition) is 0. The number of carbonyl (C=O) groups excluding carboxylic acids is 2. The second-order valence-electron chi connectivity index (χ2n) is 4.17. The van der Waals surface area contributed by atoms with Gasteiger partial charge in [-0.1, -0.05) is 30.3 Å². The Balaban J connectivity index is 2.19. The third-order valence-corrected chi connectivity index (χ3v) is 3.84. The van der Waals surface area contributed by atoms with E-state index < -0.39 is 0 Å². The topological polar surface area (TPSA) is 43.4 Å². The maximum absolute atomic E-state index is 12.1. The summed E-state index contributed by atoms with van der Waals surface area (Å²) in [5.74, 6) is -0.597. The summed E-state index contributed by atoms with van der Waals surface area (Å²) in [5.41, 5.74) is 1.47. The van der Waals surface area contributed by atoms with Gasteiger partial charge in [-0.25, -0.2) is 0 Å². The van der Waals surface area contributed by atoms with Gasteiger partial charge in [0.2, 0.25) is 5.78 Å². The molecule has 1 unspecified atom stereocenters. The highest BCUT2D eigenvalue weighted by atomic mass is 32.1. The summed E-state index contributed by atoms with van der Waals surface area (Å²) in [5, 5.41) is 1.88. The summed E-state index contributed by atoms with van der Waals surface area (Å²) >= 11 is 1.42. The Bertz CT molecular complexity index is 570. The first-order chi connectivity index (χ1) is 9.13. The van der Waals surface area contributed by atoms with Crippen molar-refractivity contribution in [1.29, 1.82) is 0 Å². The molecule has 0 amide bonds. The quantitative estimate of drug-likeness (QED) is 0.635. The van der Waals surface area contributed by atoms with Gasteiger partial charge in [0.25, 0.3) is 0 Å². The molecule has 0 aliphatic rings. The van der Waals surface area contributed by atoms with E-state index in [4.69, 9.17) is 4.74 Å². The van der Waals surface area contributed by atoms with Crippen LogP contribution in [0.5, 0.6) is 0 Å². The zero-order valence-electron chi connectivity index (χ0n) is 10.8. The van der Waals surface area contributed by atoms with Gasteiger partial charge in [0.05, 0.1) is 17.9 Å². The molecular formula is C15H14O3S. The first-order valence-electron chi connectivity index (χ1n) is 5.89. The highest BCUT2D eigenvalue weighted by molar-refractivity contribution is 7.12. The maximum atomic E-state index is 12.1. The van der Waals surface area contributed by atoms with E-state index in [-0.39, 0.29) is 17.7 Å². The molecule has 0 bridgehead atoms. The molecule has 2 aromatic rings. The largest absolute Gasteiger partial charge is 0.469 e. The predicted octanol–water partition coefficient (Wildman–Crippen LogP) is 3.26. The van der Waals surface area contributed by atoms with Crippen molar-refractivity contribution < 1.29 is 14.3 Å². The van der Waals surface area contributed by atoms with Crippen LogP contribution in [0.1, 0.15) is 33.6 Å². The van der Waals surface area contributed by atoms with Gasteiger partial charge >= 0.3 is 5.97 Å². The van der Waals surface area contributed by atoms with E-state index in [1.165, 1.54) is 18.4 Å². The van der Waals surface area contributed by atoms with E-state index in [9.17, 15) is 9.59 Å². The van der Waals surface area contributed by atoms with Crippen molar-refractivity contribution in [2.45, 2.75) is 12.8 Å². The Morgan fingerprint density at radius 3 is 2.37 bits per heavy atom. The molecule has 0 saturated carbocycles. The van der Waals surface area contributed by atoms with E-state index in [2.05, 4.69) is 0 Å². The van der Waals surface area contributed by atoms with Gasteiger partial charge < -0.3 is 4.74 Å². The molecule has 0 aliphatic heterocycles. The summed E-state index contributed by atoms with van der Waals surface area (Å²) in [7, 11) is 1.37. The standard InChI is InChI=1S/C15H14O3S/c1-10(15(17)18-2)11-5-7-12(8-6-11)14(16)13-4-3-9-19-13/h3-10H,1-2H3. The van der Waals surface area contributed by atoms with Crippen molar-refractivity contribution >= 4 is 23.1 Å². The van der Waals surface area contributed by atoms with E-state index in [0.717, 1.165) is 5.56 Å². The molecule has 0 spiro atoms. The Hall–Kier alpha value is -1.94. The average Bonchev–Trinajstić information content (AvgIpc) is 2.99. The summed E-state index contributed by atoms with van der Waals surface area (Å²) in [4.78, 5) is 24.2. The molecule has 98 valence electrons. The van der Waals surface area contributed by atoms with Crippen LogP contribution < -0.4 is 0 Å². The fraction of sp³-hybridized carbons (Fsp3) is 0.200. The molecule has 0 aliphatic carbocycles. The van der Waals surface area contributed by atoms with E-state index in [1.807, 2.05) is 11.4 Å². The van der Waals surface area contributed by atoms with Crippen LogP contribution in [0.25, 0.3) is 0 Å². The van der Waals surface area contributed by atoms with Gasteiger partial charge in [-0.05, 0) is 23.9 Å². The lowest BCUT2D eigenvalue weighted by molar-refractivity contribution is -0.141. The van der Waals surface area contributed by atoms with Crippen LogP contribution in [-0.2, 0) is 9.53 Å². The lowest BCUT2D eigenvalue weighted by Crippen LogP contribution is -2.11. The van der Waals surface area contributed by atoms with Crippen molar-refractivity contribution in [2.75, 3.05) is 7.11 Å². The highest BCUT2D eigenvalue weighted by Gasteiger charge is 2.16. The number of esters is 1. The number of ketones is 1. The number of rotatable bonds is 4. The first-order valence-corrected chi connectivity index (χ1v) is 6.77. The lowest BCUT2D eigenvalue weighted by Gasteiger charge is -2.09. The Labute approximate surface area is 115 Å². The SMILES string of the molecule is COC(=O)C(C)c1ccc(C(=O)c2cccs2)cc1. The second-order valence-corrected chi connectivity index (χ2v) is 5.12. The molecule has 1 atom stereocenters. The van der Waals surface area contributed by atoms with Gasteiger partial charge in [-0.3, -0.25) is 9.59 Å². The van der Waals surface area contributed by atoms with Crippen molar-refractivity contribution in [3.8, 4) is 0 Å². The molecule has 1 heterocycles. The van der Waals surface area contributed by atoms with Crippen LogP contribution in [-0.4, -0.2) is 18.9 Å². The summed E-state index contributed by atoms with van der Waals surface area (Å²) in [6.07, 6.45) is 0. The van der Waals surface area contributed by atoms with Crippen LogP contribution in [0.3, 0.4) is 0 Å². The minimum absolute atomic E-state index is 0.00673. The molecule has 0 saturated heterocycles. The van der Waals surface area contributed by atoms with Crippen LogP contribution in [0, 0.1) is 0 Å². The third kappa shape index (κ3) is 2.90. The van der Waals surface area contributed by atoms with Crippen LogP contribution in [0.15, 0.2) is 41.8 Å².